The summed E-state index contributed by atoms with van der Waals surface area (Å²) in [5.74, 6) is -1.37. The van der Waals surface area contributed by atoms with E-state index in [4.69, 9.17) is 11.6 Å². The van der Waals surface area contributed by atoms with Crippen LogP contribution in [0, 0.1) is 5.82 Å². The van der Waals surface area contributed by atoms with Gasteiger partial charge < -0.3 is 10.2 Å². The number of sulfone groups is 1. The van der Waals surface area contributed by atoms with Crippen LogP contribution in [0.3, 0.4) is 0 Å². The minimum absolute atomic E-state index is 0.00371. The van der Waals surface area contributed by atoms with E-state index in [1.54, 1.807) is 4.90 Å². The van der Waals surface area contributed by atoms with Gasteiger partial charge in [0.15, 0.2) is 9.84 Å². The first kappa shape index (κ1) is 17.0. The molecule has 0 atom stereocenters. The Morgan fingerprint density at radius 2 is 2.00 bits per heavy atom. The van der Waals surface area contributed by atoms with Gasteiger partial charge in [-0.15, -0.1) is 0 Å². The van der Waals surface area contributed by atoms with E-state index in [0.717, 1.165) is 12.8 Å². The van der Waals surface area contributed by atoms with Crippen molar-refractivity contribution in [2.45, 2.75) is 18.6 Å². The van der Waals surface area contributed by atoms with Gasteiger partial charge in [0, 0.05) is 30.2 Å². The zero-order chi connectivity index (χ0) is 16.2. The number of likely N-dealkylation sites (tertiary alicyclic amines) is 1. The molecule has 1 aliphatic heterocycles. The smallest absolute Gasteiger partial charge is 0.317 e. The number of hydrogen-bond donors (Lipinski definition) is 1. The molecule has 0 radical (unpaired) electrons. The first-order chi connectivity index (χ1) is 10.4. The maximum absolute atomic E-state index is 13.6. The number of nitrogens with zero attached hydrogens (tertiary/aromatic N) is 1. The Morgan fingerprint density at radius 1 is 1.32 bits per heavy atom. The summed E-state index contributed by atoms with van der Waals surface area (Å²) in [6, 6.07) is 3.79. The van der Waals surface area contributed by atoms with Crippen molar-refractivity contribution in [1.82, 2.24) is 10.2 Å². The van der Waals surface area contributed by atoms with Crippen LogP contribution in [0.2, 0.25) is 5.02 Å². The van der Waals surface area contributed by atoms with Crippen molar-refractivity contribution in [1.29, 1.82) is 0 Å². The fourth-order valence-corrected chi connectivity index (χ4v) is 3.91. The molecule has 8 heteroatoms. The van der Waals surface area contributed by atoms with Crippen LogP contribution in [0.1, 0.15) is 18.4 Å². The number of halogens is 2. The first-order valence-corrected chi connectivity index (χ1v) is 9.25. The fraction of sp³-hybridized carbons (Fsp3) is 0.500. The van der Waals surface area contributed by atoms with E-state index >= 15 is 0 Å². The van der Waals surface area contributed by atoms with E-state index in [9.17, 15) is 17.6 Å². The van der Waals surface area contributed by atoms with Gasteiger partial charge in [-0.25, -0.2) is 17.6 Å². The minimum Gasteiger partial charge on any atom is -0.337 e. The molecular formula is C14H18ClFN2O3S. The van der Waals surface area contributed by atoms with Crippen molar-refractivity contribution < 1.29 is 17.6 Å². The number of hydrogen-bond acceptors (Lipinski definition) is 3. The third-order valence-electron chi connectivity index (χ3n) is 3.51. The van der Waals surface area contributed by atoms with Crippen LogP contribution >= 0.6 is 11.6 Å². The molecule has 1 saturated heterocycles. The molecule has 0 bridgehead atoms. The fourth-order valence-electron chi connectivity index (χ4n) is 2.31. The summed E-state index contributed by atoms with van der Waals surface area (Å²) < 4.78 is 37.6. The number of carbonyl (C=O) groups is 1. The highest BCUT2D eigenvalue weighted by atomic mass is 35.5. The number of benzene rings is 1. The van der Waals surface area contributed by atoms with E-state index in [1.165, 1.54) is 18.2 Å². The van der Waals surface area contributed by atoms with Crippen LogP contribution in [-0.2, 0) is 15.6 Å². The van der Waals surface area contributed by atoms with Crippen LogP contribution < -0.4 is 5.32 Å². The van der Waals surface area contributed by atoms with Crippen molar-refractivity contribution in [2.75, 3.05) is 25.4 Å². The Hall–Kier alpha value is -1.34. The Labute approximate surface area is 134 Å². The summed E-state index contributed by atoms with van der Waals surface area (Å²) in [5, 5.41) is 2.66. The highest BCUT2D eigenvalue weighted by Crippen LogP contribution is 2.21. The summed E-state index contributed by atoms with van der Waals surface area (Å²) >= 11 is 5.83. The molecule has 0 unspecified atom stereocenters. The number of carbonyl (C=O) groups excluding carboxylic acids is 1. The van der Waals surface area contributed by atoms with Gasteiger partial charge in [-0.1, -0.05) is 17.7 Å². The molecule has 0 aromatic heterocycles. The molecule has 1 aromatic carbocycles. The molecule has 1 fully saturated rings. The van der Waals surface area contributed by atoms with Crippen LogP contribution in [0.25, 0.3) is 0 Å². The average Bonchev–Trinajstić information content (AvgIpc) is 2.97. The van der Waals surface area contributed by atoms with Gasteiger partial charge in [0.2, 0.25) is 0 Å². The Morgan fingerprint density at radius 3 is 2.64 bits per heavy atom. The van der Waals surface area contributed by atoms with Crippen molar-refractivity contribution >= 4 is 27.5 Å². The van der Waals surface area contributed by atoms with E-state index in [-0.39, 0.29) is 28.9 Å². The van der Waals surface area contributed by atoms with Crippen molar-refractivity contribution in [3.05, 3.63) is 34.6 Å². The van der Waals surface area contributed by atoms with Gasteiger partial charge in [0.25, 0.3) is 0 Å². The quantitative estimate of drug-likeness (QED) is 0.887. The normalized spacial score (nSPS) is 15.1. The SMILES string of the molecule is O=C(NCCS(=O)(=O)Cc1c(F)cccc1Cl)N1CCCC1. The lowest BCUT2D eigenvalue weighted by atomic mass is 10.2. The third-order valence-corrected chi connectivity index (χ3v) is 5.42. The molecule has 0 spiro atoms. The lowest BCUT2D eigenvalue weighted by Gasteiger charge is -2.16. The van der Waals surface area contributed by atoms with Crippen LogP contribution in [-0.4, -0.2) is 44.7 Å². The number of amides is 2. The van der Waals surface area contributed by atoms with Crippen LogP contribution in [0.15, 0.2) is 18.2 Å². The average molecular weight is 349 g/mol. The number of nitrogens with one attached hydrogen (secondary N) is 1. The largest absolute Gasteiger partial charge is 0.337 e. The van der Waals surface area contributed by atoms with E-state index in [0.29, 0.717) is 13.1 Å². The van der Waals surface area contributed by atoms with E-state index in [2.05, 4.69) is 5.32 Å². The number of urea groups is 1. The van der Waals surface area contributed by atoms with Crippen molar-refractivity contribution in [3.8, 4) is 0 Å². The monoisotopic (exact) mass is 348 g/mol. The Kier molecular flexibility index (Phi) is 5.63. The minimum atomic E-state index is -3.56. The summed E-state index contributed by atoms with van der Waals surface area (Å²) in [5.41, 5.74) is -0.0324. The lowest BCUT2D eigenvalue weighted by molar-refractivity contribution is 0.209. The third kappa shape index (κ3) is 4.58. The molecule has 2 rings (SSSR count). The van der Waals surface area contributed by atoms with E-state index in [1.807, 2.05) is 0 Å². The molecule has 0 saturated carbocycles. The standard InChI is InChI=1S/C14H18ClFN2O3S/c15-12-4-3-5-13(16)11(12)10-22(20,21)9-6-17-14(19)18-7-1-2-8-18/h3-5H,1-2,6-10H2,(H,17,19). The molecule has 1 aromatic rings. The zero-order valence-corrected chi connectivity index (χ0v) is 13.6. The maximum atomic E-state index is 13.6. The molecule has 0 aliphatic carbocycles. The van der Waals surface area contributed by atoms with Gasteiger partial charge >= 0.3 is 6.03 Å². The van der Waals surface area contributed by atoms with Gasteiger partial charge in [-0.2, -0.15) is 0 Å². The Balaban J connectivity index is 1.87. The predicted molar refractivity (Wildman–Crippen MR) is 83.1 cm³/mol. The molecule has 1 aliphatic rings. The molecule has 122 valence electrons. The number of rotatable bonds is 5. The molecule has 2 amide bonds. The Bertz CT molecular complexity index is 625. The molecule has 1 N–H and O–H groups in total. The second-order valence-corrected chi connectivity index (χ2v) is 7.81. The summed E-state index contributed by atoms with van der Waals surface area (Å²) in [4.78, 5) is 13.4. The highest BCUT2D eigenvalue weighted by Gasteiger charge is 2.20. The second-order valence-electron chi connectivity index (χ2n) is 5.22. The molecule has 22 heavy (non-hydrogen) atoms. The van der Waals surface area contributed by atoms with E-state index < -0.39 is 21.4 Å². The molecular weight excluding hydrogens is 331 g/mol. The molecule has 5 nitrogen and oxygen atoms in total. The van der Waals surface area contributed by atoms with Gasteiger partial charge in [-0.3, -0.25) is 0 Å². The van der Waals surface area contributed by atoms with Gasteiger partial charge in [0.1, 0.15) is 5.82 Å². The van der Waals surface area contributed by atoms with Gasteiger partial charge in [0.05, 0.1) is 11.5 Å². The van der Waals surface area contributed by atoms with Crippen molar-refractivity contribution in [2.24, 2.45) is 0 Å². The lowest BCUT2D eigenvalue weighted by Crippen LogP contribution is -2.40. The van der Waals surface area contributed by atoms with Crippen LogP contribution in [0.5, 0.6) is 0 Å². The molecule has 1 heterocycles. The van der Waals surface area contributed by atoms with Gasteiger partial charge in [-0.05, 0) is 25.0 Å². The zero-order valence-electron chi connectivity index (χ0n) is 12.0. The highest BCUT2D eigenvalue weighted by molar-refractivity contribution is 7.90. The van der Waals surface area contributed by atoms with Crippen molar-refractivity contribution in [3.63, 3.8) is 0 Å². The predicted octanol–water partition coefficient (Wildman–Crippen LogP) is 2.20. The summed E-state index contributed by atoms with van der Waals surface area (Å²) in [6.45, 7) is 1.40. The topological polar surface area (TPSA) is 66.5 Å². The first-order valence-electron chi connectivity index (χ1n) is 7.05. The summed E-state index contributed by atoms with van der Waals surface area (Å²) in [7, 11) is -3.56. The summed E-state index contributed by atoms with van der Waals surface area (Å²) in [6.07, 6.45) is 1.94. The van der Waals surface area contributed by atoms with Crippen LogP contribution in [0.4, 0.5) is 9.18 Å². The maximum Gasteiger partial charge on any atom is 0.317 e. The second kappa shape index (κ2) is 7.28.